The number of fused-ring (bicyclic) bond motifs is 2. The number of carboxylic acid groups (broad SMARTS) is 3. The van der Waals surface area contributed by atoms with Gasteiger partial charge in [-0.15, -0.1) is 11.8 Å². The maximum absolute atomic E-state index is 14.6. The van der Waals surface area contributed by atoms with Crippen LogP contribution in [0.5, 0.6) is 0 Å². The molecule has 3 aromatic carbocycles. The molecule has 0 radical (unpaired) electrons. The fourth-order valence-electron chi connectivity index (χ4n) is 12.7. The van der Waals surface area contributed by atoms with Crippen LogP contribution in [0.3, 0.4) is 0 Å². The molecule has 2 heterocycles. The van der Waals surface area contributed by atoms with Gasteiger partial charge in [-0.25, -0.2) is 9.59 Å². The second-order valence-electron chi connectivity index (χ2n) is 25.8. The first-order chi connectivity index (χ1) is 44.5. The highest BCUT2D eigenvalue weighted by Crippen LogP contribution is 2.49. The van der Waals surface area contributed by atoms with Crippen LogP contribution in [0.4, 0.5) is 16.2 Å². The third kappa shape index (κ3) is 23.7. The number of hydrogen-bond acceptors (Lipinski definition) is 14. The molecule has 0 saturated heterocycles. The van der Waals surface area contributed by atoms with E-state index in [1.54, 1.807) is 0 Å². The molecule has 0 bridgehead atoms. The number of nitrogens with one attached hydrogen (secondary N) is 3. The van der Waals surface area contributed by atoms with E-state index in [1.807, 2.05) is 60.7 Å². The molecule has 514 valence electrons. The number of carbonyl (C=O) groups is 7. The molecule has 3 amide bonds. The number of benzene rings is 3. The van der Waals surface area contributed by atoms with Crippen LogP contribution in [-0.2, 0) is 66.3 Å². The number of nitrogens with zero attached hydrogens (tertiary/aromatic N) is 2. The van der Waals surface area contributed by atoms with Gasteiger partial charge in [0.15, 0.2) is 5.78 Å². The fraction of sp³-hybridized carbons (Fsp3) is 0.529. The van der Waals surface area contributed by atoms with E-state index < -0.39 is 73.4 Å². The average molecular weight is 1360 g/mol. The van der Waals surface area contributed by atoms with Crippen molar-refractivity contribution in [3.63, 3.8) is 0 Å². The summed E-state index contributed by atoms with van der Waals surface area (Å²) in [6, 6.07) is 22.2. The maximum Gasteiger partial charge on any atom is 0.326 e. The molecule has 1 aliphatic carbocycles. The molecule has 21 nitrogen and oxygen atoms in total. The van der Waals surface area contributed by atoms with Gasteiger partial charge in [-0.05, 0) is 123 Å². The van der Waals surface area contributed by atoms with Crippen molar-refractivity contribution < 1.29 is 74.8 Å². The average Bonchev–Trinajstić information content (AvgIpc) is 1.63. The molecule has 0 saturated carbocycles. The van der Waals surface area contributed by atoms with Gasteiger partial charge in [0, 0.05) is 90.3 Å². The van der Waals surface area contributed by atoms with Crippen molar-refractivity contribution in [2.75, 3.05) is 46.7 Å². The van der Waals surface area contributed by atoms with Crippen LogP contribution < -0.4 is 25.8 Å². The fourth-order valence-corrected chi connectivity index (χ4v) is 15.1. The Bertz CT molecular complexity index is 3490. The smallest absolute Gasteiger partial charge is 0.326 e. The molecule has 2 aliphatic heterocycles. The van der Waals surface area contributed by atoms with Gasteiger partial charge < -0.3 is 41.1 Å². The molecule has 2 unspecified atom stereocenters. The topological polar surface area (TPSA) is 331 Å². The highest BCUT2D eigenvalue weighted by atomic mass is 32.2. The Hall–Kier alpha value is -7.12. The molecule has 4 atom stereocenters. The lowest BCUT2D eigenvalue weighted by Gasteiger charge is -2.33. The van der Waals surface area contributed by atoms with Crippen molar-refractivity contribution >= 4 is 84.8 Å². The van der Waals surface area contributed by atoms with Gasteiger partial charge in [0.25, 0.3) is 20.2 Å². The summed E-state index contributed by atoms with van der Waals surface area (Å²) >= 11 is 1.39. The standard InChI is InChI=1S/C70H95N5O16S3/c1-69(2)54-29-14-16-31-58(54)74(42-18-20-44-93(86,87)88)61(69)39-35-50-26-22-27-51(36-40-62-70(3,4)55-30-15-17-32-59(55)75(62)43-19-21-45-94(89,90)91)65(50)92-48-52(66(81)82)47-60(77)57(46-49-24-10-9-11-25-49)72-63(78)33-13-8-6-5-7-12-28-53(76)37-38-56(67(83)84)73-68(85)71-41-23-34-64(79)80/h9-11,14-17,24-25,29-32,35-36,39-40,52,56-57,61H,5-8,12-13,18-23,26-28,33-34,37-38,41-48H2,1-4H3,(H,72,78)(H,79,80)(H,81,82)(H,83,84)(H2,71,73,85)(H,86,87,88)(H,89,90,91)/b39-35+,51-36+,62-40+/t52-,56?,57+,61?/m1/s1. The lowest BCUT2D eigenvalue weighted by atomic mass is 9.80. The second-order valence-corrected chi connectivity index (χ2v) is 30.0. The van der Waals surface area contributed by atoms with Crippen molar-refractivity contribution in [1.29, 1.82) is 0 Å². The molecule has 3 aliphatic rings. The Morgan fingerprint density at radius 2 is 1.27 bits per heavy atom. The van der Waals surface area contributed by atoms with Gasteiger partial charge in [0.05, 0.1) is 29.5 Å². The van der Waals surface area contributed by atoms with Gasteiger partial charge in [-0.1, -0.05) is 138 Å². The Labute approximate surface area is 558 Å². The van der Waals surface area contributed by atoms with Crippen molar-refractivity contribution in [2.45, 2.75) is 191 Å². The molecule has 8 N–H and O–H groups in total. The molecule has 0 fully saturated rings. The highest BCUT2D eigenvalue weighted by molar-refractivity contribution is 8.03. The van der Waals surface area contributed by atoms with Crippen LogP contribution in [0.1, 0.15) is 173 Å². The first-order valence-corrected chi connectivity index (χ1v) is 36.9. The number of hydrogen-bond donors (Lipinski definition) is 8. The van der Waals surface area contributed by atoms with Gasteiger partial charge in [-0.2, -0.15) is 16.8 Å². The minimum Gasteiger partial charge on any atom is -0.481 e. The SMILES string of the molecule is CC1(C)/C(=C\C=C2/CCCC(/C=C/C3N(CCCCS(=O)(=O)O)c4ccccc4C3(C)C)=C2SC[C@@H](CC(=O)[C@H](Cc2ccccc2)NC(=O)CCCCCCCCC(=O)CCC(NC(=O)NCCCC(=O)O)C(=O)O)C(=O)O)N(CCCCS(=O)(=O)O)c2ccccc21. The summed E-state index contributed by atoms with van der Waals surface area (Å²) in [5.41, 5.74) is 7.14. The second kappa shape index (κ2) is 36.1. The molecule has 94 heavy (non-hydrogen) atoms. The summed E-state index contributed by atoms with van der Waals surface area (Å²) in [6.45, 7) is 9.71. The monoisotopic (exact) mass is 1360 g/mol. The number of Topliss-reactive ketones (excluding diaryl/α,β-unsaturated/α-hetero) is 2. The number of anilines is 2. The molecular weight excluding hydrogens is 1260 g/mol. The third-order valence-corrected chi connectivity index (χ3v) is 20.8. The number of carboxylic acids is 3. The first-order valence-electron chi connectivity index (χ1n) is 32.7. The normalized spacial score (nSPS) is 17.8. The van der Waals surface area contributed by atoms with Crippen molar-refractivity contribution in [3.05, 3.63) is 142 Å². The van der Waals surface area contributed by atoms with Crippen LogP contribution in [0.15, 0.2) is 125 Å². The predicted octanol–water partition coefficient (Wildman–Crippen LogP) is 11.3. The van der Waals surface area contributed by atoms with E-state index in [0.29, 0.717) is 58.0 Å². The van der Waals surface area contributed by atoms with Crippen LogP contribution in [0.2, 0.25) is 0 Å². The highest BCUT2D eigenvalue weighted by Gasteiger charge is 2.43. The summed E-state index contributed by atoms with van der Waals surface area (Å²) in [4.78, 5) is 94.1. The van der Waals surface area contributed by atoms with Crippen LogP contribution in [-0.4, -0.2) is 138 Å². The van der Waals surface area contributed by atoms with E-state index in [1.165, 1.54) is 11.8 Å². The predicted molar refractivity (Wildman–Crippen MR) is 366 cm³/mol. The van der Waals surface area contributed by atoms with E-state index in [0.717, 1.165) is 75.5 Å². The van der Waals surface area contributed by atoms with E-state index in [4.69, 9.17) is 5.11 Å². The van der Waals surface area contributed by atoms with Crippen LogP contribution in [0.25, 0.3) is 0 Å². The molecule has 24 heteroatoms. The zero-order valence-electron chi connectivity index (χ0n) is 54.6. The van der Waals surface area contributed by atoms with Gasteiger partial charge in [0.1, 0.15) is 11.8 Å². The quantitative estimate of drug-likeness (QED) is 0.0193. The van der Waals surface area contributed by atoms with Gasteiger partial charge >= 0.3 is 23.9 Å². The minimum absolute atomic E-state index is 0.0293. The summed E-state index contributed by atoms with van der Waals surface area (Å²) in [7, 11) is -8.29. The number of urea groups is 1. The number of rotatable bonds is 41. The van der Waals surface area contributed by atoms with Crippen LogP contribution in [0, 0.1) is 5.92 Å². The number of amides is 3. The summed E-state index contributed by atoms with van der Waals surface area (Å²) in [5, 5.41) is 36.9. The lowest BCUT2D eigenvalue weighted by molar-refractivity contribution is -0.143. The van der Waals surface area contributed by atoms with Crippen LogP contribution >= 0.6 is 11.8 Å². The van der Waals surface area contributed by atoms with E-state index >= 15 is 0 Å². The zero-order chi connectivity index (χ0) is 68.6. The molecule has 0 spiro atoms. The number of aliphatic carboxylic acids is 3. The molecular formula is C70H95N5O16S3. The van der Waals surface area contributed by atoms with Gasteiger partial charge in [0.2, 0.25) is 5.91 Å². The number of para-hydroxylation sites is 2. The molecule has 6 rings (SSSR count). The summed E-state index contributed by atoms with van der Waals surface area (Å²) < 4.78 is 65.8. The summed E-state index contributed by atoms with van der Waals surface area (Å²) in [5.74, 6) is -6.17. The lowest BCUT2D eigenvalue weighted by Crippen LogP contribution is -2.46. The number of thioether (sulfide) groups is 1. The molecule has 0 aromatic heterocycles. The number of unbranched alkanes of at least 4 members (excludes halogenated alkanes) is 7. The third-order valence-electron chi connectivity index (χ3n) is 17.8. The Kier molecular flexibility index (Phi) is 29.2. The van der Waals surface area contributed by atoms with E-state index in [9.17, 15) is 69.7 Å². The largest absolute Gasteiger partial charge is 0.481 e. The van der Waals surface area contributed by atoms with E-state index in [-0.39, 0.29) is 111 Å². The van der Waals surface area contributed by atoms with Crippen molar-refractivity contribution in [1.82, 2.24) is 16.0 Å². The van der Waals surface area contributed by atoms with Gasteiger partial charge in [-0.3, -0.25) is 33.1 Å². The minimum atomic E-state index is -4.15. The summed E-state index contributed by atoms with van der Waals surface area (Å²) in [6.07, 6.45) is 16.4. The number of allylic oxidation sites excluding steroid dienone is 6. The van der Waals surface area contributed by atoms with E-state index in [2.05, 4.69) is 95.9 Å². The van der Waals surface area contributed by atoms with Crippen molar-refractivity contribution in [2.24, 2.45) is 5.92 Å². The molecule has 3 aromatic rings. The van der Waals surface area contributed by atoms with Crippen molar-refractivity contribution in [3.8, 4) is 0 Å². The number of ketones is 2. The first kappa shape index (κ1) is 75.9. The maximum atomic E-state index is 14.6. The Morgan fingerprint density at radius 3 is 1.91 bits per heavy atom. The number of carbonyl (C=O) groups excluding carboxylic acids is 4. The zero-order valence-corrected chi connectivity index (χ0v) is 57.0. The Morgan fingerprint density at radius 1 is 0.649 bits per heavy atom. The Balaban J connectivity index is 1.16.